The lowest BCUT2D eigenvalue weighted by Crippen LogP contribution is -2.49. The van der Waals surface area contributed by atoms with E-state index in [1.54, 1.807) is 16.4 Å². The molecule has 5 rings (SSSR count). The molecule has 2 aromatic carbocycles. The predicted octanol–water partition coefficient (Wildman–Crippen LogP) is 3.25. The van der Waals surface area contributed by atoms with E-state index in [4.69, 9.17) is 4.74 Å². The topological polar surface area (TPSA) is 87.7 Å². The summed E-state index contributed by atoms with van der Waals surface area (Å²) in [6.07, 6.45) is 2.42. The van der Waals surface area contributed by atoms with Crippen LogP contribution in [0, 0.1) is 0 Å². The molecule has 0 bridgehead atoms. The molecular weight excluding hydrogens is 450 g/mol. The fourth-order valence-corrected chi connectivity index (χ4v) is 5.79. The highest BCUT2D eigenvalue weighted by molar-refractivity contribution is 7.89. The molecule has 1 N–H and O–H groups in total. The third-order valence-electron chi connectivity index (χ3n) is 6.35. The second kappa shape index (κ2) is 10.1. The number of hydrogen-bond donors (Lipinski definition) is 1. The zero-order valence-electron chi connectivity index (χ0n) is 19.0. The zero-order chi connectivity index (χ0) is 23.4. The monoisotopic (exact) mass is 479 g/mol. The summed E-state index contributed by atoms with van der Waals surface area (Å²) in [6, 6.07) is 20.9. The van der Waals surface area contributed by atoms with Gasteiger partial charge < -0.3 is 15.0 Å². The summed E-state index contributed by atoms with van der Waals surface area (Å²) in [4.78, 5) is 2.39. The molecule has 2 saturated heterocycles. The summed E-state index contributed by atoms with van der Waals surface area (Å²) in [7, 11) is -3.54. The molecule has 0 amide bonds. The van der Waals surface area contributed by atoms with Gasteiger partial charge in [-0.1, -0.05) is 42.5 Å². The van der Waals surface area contributed by atoms with E-state index in [0.29, 0.717) is 31.1 Å². The summed E-state index contributed by atoms with van der Waals surface area (Å²) in [5.41, 5.74) is 2.06. The SMILES string of the molecule is O=S(=O)(c1ccc(-c2ccccc2)cc1)N1CCN(c2ccc(NC[C@H]3CCCO3)nn2)CC1. The predicted molar refractivity (Wildman–Crippen MR) is 132 cm³/mol. The van der Waals surface area contributed by atoms with Crippen molar-refractivity contribution in [1.29, 1.82) is 0 Å². The average Bonchev–Trinajstić information content (AvgIpc) is 3.42. The summed E-state index contributed by atoms with van der Waals surface area (Å²) >= 11 is 0. The lowest BCUT2D eigenvalue weighted by Gasteiger charge is -2.34. The van der Waals surface area contributed by atoms with Crippen molar-refractivity contribution in [1.82, 2.24) is 14.5 Å². The van der Waals surface area contributed by atoms with Crippen LogP contribution in [0.25, 0.3) is 11.1 Å². The van der Waals surface area contributed by atoms with Crippen LogP contribution >= 0.6 is 0 Å². The zero-order valence-corrected chi connectivity index (χ0v) is 19.8. The highest BCUT2D eigenvalue weighted by Crippen LogP contribution is 2.24. The summed E-state index contributed by atoms with van der Waals surface area (Å²) in [5, 5.41) is 11.9. The van der Waals surface area contributed by atoms with Crippen molar-refractivity contribution in [2.75, 3.05) is 49.5 Å². The molecule has 9 heteroatoms. The maximum absolute atomic E-state index is 13.2. The number of anilines is 2. The van der Waals surface area contributed by atoms with Gasteiger partial charge in [-0.3, -0.25) is 0 Å². The van der Waals surface area contributed by atoms with Crippen molar-refractivity contribution in [3.63, 3.8) is 0 Å². The van der Waals surface area contributed by atoms with Gasteiger partial charge in [-0.25, -0.2) is 8.42 Å². The molecule has 2 fully saturated rings. The van der Waals surface area contributed by atoms with Gasteiger partial charge in [0.15, 0.2) is 5.82 Å². The number of aromatic nitrogens is 2. The number of hydrogen-bond acceptors (Lipinski definition) is 7. The van der Waals surface area contributed by atoms with Crippen molar-refractivity contribution in [3.8, 4) is 11.1 Å². The number of nitrogens with one attached hydrogen (secondary N) is 1. The van der Waals surface area contributed by atoms with Crippen LogP contribution in [0.1, 0.15) is 12.8 Å². The Labute approximate surface area is 200 Å². The molecular formula is C25H29N5O3S. The summed E-state index contributed by atoms with van der Waals surface area (Å²) < 4.78 is 33.5. The van der Waals surface area contributed by atoms with E-state index in [1.807, 2.05) is 54.6 Å². The van der Waals surface area contributed by atoms with Crippen molar-refractivity contribution >= 4 is 21.7 Å². The third kappa shape index (κ3) is 5.06. The Morgan fingerprint density at radius 2 is 1.62 bits per heavy atom. The minimum Gasteiger partial charge on any atom is -0.376 e. The van der Waals surface area contributed by atoms with Crippen LogP contribution in [-0.4, -0.2) is 68.4 Å². The van der Waals surface area contributed by atoms with E-state index in [2.05, 4.69) is 20.4 Å². The van der Waals surface area contributed by atoms with Crippen LogP contribution in [0.4, 0.5) is 11.6 Å². The maximum atomic E-state index is 13.2. The third-order valence-corrected chi connectivity index (χ3v) is 8.26. The molecule has 0 unspecified atom stereocenters. The molecule has 178 valence electrons. The molecule has 34 heavy (non-hydrogen) atoms. The van der Waals surface area contributed by atoms with Crippen molar-refractivity contribution in [2.45, 2.75) is 23.8 Å². The van der Waals surface area contributed by atoms with Gasteiger partial charge in [-0.2, -0.15) is 4.31 Å². The molecule has 3 heterocycles. The van der Waals surface area contributed by atoms with E-state index in [-0.39, 0.29) is 6.10 Å². The van der Waals surface area contributed by atoms with Gasteiger partial charge in [-0.05, 0) is 48.2 Å². The standard InChI is InChI=1S/C25H29N5O3S/c31-34(32,23-10-8-21(9-11-23)20-5-2-1-3-6-20)30-16-14-29(15-17-30)25-13-12-24(27-28-25)26-19-22-7-4-18-33-22/h1-3,5-6,8-13,22H,4,7,14-19H2,(H,26,27)/t22-/m1/s1. The number of rotatable bonds is 7. The Kier molecular flexibility index (Phi) is 6.75. The second-order valence-corrected chi connectivity index (χ2v) is 10.5. The highest BCUT2D eigenvalue weighted by atomic mass is 32.2. The van der Waals surface area contributed by atoms with Crippen LogP contribution in [0.2, 0.25) is 0 Å². The van der Waals surface area contributed by atoms with Crippen molar-refractivity contribution in [3.05, 3.63) is 66.7 Å². The van der Waals surface area contributed by atoms with E-state index in [1.165, 1.54) is 0 Å². The van der Waals surface area contributed by atoms with Crippen LogP contribution in [0.15, 0.2) is 71.6 Å². The van der Waals surface area contributed by atoms with E-state index in [9.17, 15) is 8.42 Å². The first-order valence-electron chi connectivity index (χ1n) is 11.7. The number of sulfonamides is 1. The molecule has 1 atom stereocenters. The Hall–Kier alpha value is -3.01. The van der Waals surface area contributed by atoms with Gasteiger partial charge in [0.1, 0.15) is 5.82 Å². The van der Waals surface area contributed by atoms with Crippen molar-refractivity contribution < 1.29 is 13.2 Å². The van der Waals surface area contributed by atoms with E-state index < -0.39 is 10.0 Å². The van der Waals surface area contributed by atoms with Crippen molar-refractivity contribution in [2.24, 2.45) is 0 Å². The Morgan fingerprint density at radius 1 is 0.882 bits per heavy atom. The first kappa shape index (κ1) is 22.8. The van der Waals surface area contributed by atoms with Crippen LogP contribution < -0.4 is 10.2 Å². The van der Waals surface area contributed by atoms with Gasteiger partial charge in [0.05, 0.1) is 11.0 Å². The van der Waals surface area contributed by atoms with Gasteiger partial charge in [0.2, 0.25) is 10.0 Å². The second-order valence-electron chi connectivity index (χ2n) is 8.57. The van der Waals surface area contributed by atoms with Gasteiger partial charge >= 0.3 is 0 Å². The average molecular weight is 480 g/mol. The highest BCUT2D eigenvalue weighted by Gasteiger charge is 2.29. The van der Waals surface area contributed by atoms with Crippen LogP contribution in [-0.2, 0) is 14.8 Å². The Bertz CT molecular complexity index is 1170. The molecule has 0 radical (unpaired) electrons. The molecule has 0 saturated carbocycles. The van der Waals surface area contributed by atoms with Gasteiger partial charge in [0.25, 0.3) is 0 Å². The lowest BCUT2D eigenvalue weighted by atomic mass is 10.1. The summed E-state index contributed by atoms with van der Waals surface area (Å²) in [6.45, 7) is 3.51. The molecule has 3 aromatic rings. The van der Waals surface area contributed by atoms with E-state index in [0.717, 1.165) is 48.8 Å². The fourth-order valence-electron chi connectivity index (χ4n) is 4.37. The molecule has 2 aliphatic rings. The molecule has 0 spiro atoms. The summed E-state index contributed by atoms with van der Waals surface area (Å²) in [5.74, 6) is 1.48. The normalized spacial score (nSPS) is 19.3. The largest absolute Gasteiger partial charge is 0.376 e. The minimum absolute atomic E-state index is 0.242. The molecule has 1 aromatic heterocycles. The molecule has 0 aliphatic carbocycles. The van der Waals surface area contributed by atoms with Crippen LogP contribution in [0.5, 0.6) is 0 Å². The molecule has 2 aliphatic heterocycles. The lowest BCUT2D eigenvalue weighted by molar-refractivity contribution is 0.120. The first-order valence-corrected chi connectivity index (χ1v) is 13.1. The smallest absolute Gasteiger partial charge is 0.243 e. The first-order chi connectivity index (χ1) is 16.6. The van der Waals surface area contributed by atoms with E-state index >= 15 is 0 Å². The quantitative estimate of drug-likeness (QED) is 0.557. The molecule has 8 nitrogen and oxygen atoms in total. The maximum Gasteiger partial charge on any atom is 0.243 e. The number of benzene rings is 2. The minimum atomic E-state index is -3.54. The fraction of sp³-hybridized carbons (Fsp3) is 0.360. The van der Waals surface area contributed by atoms with Crippen LogP contribution in [0.3, 0.4) is 0 Å². The Balaban J connectivity index is 1.17. The van der Waals surface area contributed by atoms with Gasteiger partial charge in [0, 0.05) is 39.3 Å². The number of ether oxygens (including phenoxy) is 1. The van der Waals surface area contributed by atoms with Gasteiger partial charge in [-0.15, -0.1) is 10.2 Å². The number of nitrogens with zero attached hydrogens (tertiary/aromatic N) is 4. The number of piperazine rings is 1. The Morgan fingerprint density at radius 3 is 2.26 bits per heavy atom.